The predicted octanol–water partition coefficient (Wildman–Crippen LogP) is 6.01. The molecular weight excluding hydrogens is 401 g/mol. The first kappa shape index (κ1) is 19.7. The van der Waals surface area contributed by atoms with E-state index in [1.807, 2.05) is 32.0 Å². The van der Waals surface area contributed by atoms with Crippen molar-refractivity contribution in [3.05, 3.63) is 93.5 Å². The minimum Gasteiger partial charge on any atom is -0.262 e. The zero-order valence-corrected chi connectivity index (χ0v) is 17.3. The molecule has 3 nitrogen and oxygen atoms in total. The van der Waals surface area contributed by atoms with E-state index in [-0.39, 0.29) is 11.4 Å². The standard InChI is InChI=1S/C21H19Cl2NO2S/c1-15-10-16(2)12-19(11-15)24(14-17-8-9-18(22)13-21(17)23)27(25,26)20-6-4-3-5-7-20/h3-13H,14H2,1-2H3. The van der Waals surface area contributed by atoms with Gasteiger partial charge in [0.05, 0.1) is 17.1 Å². The molecule has 0 aliphatic heterocycles. The first-order valence-corrected chi connectivity index (χ1v) is 10.6. The Morgan fingerprint density at radius 1 is 0.852 bits per heavy atom. The van der Waals surface area contributed by atoms with E-state index in [9.17, 15) is 8.42 Å². The molecule has 140 valence electrons. The zero-order valence-electron chi connectivity index (χ0n) is 15.0. The third-order valence-corrected chi connectivity index (χ3v) is 6.53. The number of aryl methyl sites for hydroxylation is 2. The Kier molecular flexibility index (Phi) is 5.80. The van der Waals surface area contributed by atoms with Gasteiger partial charge in [-0.05, 0) is 66.9 Å². The van der Waals surface area contributed by atoms with Gasteiger partial charge in [-0.2, -0.15) is 0 Å². The molecule has 0 N–H and O–H groups in total. The molecule has 0 amide bonds. The summed E-state index contributed by atoms with van der Waals surface area (Å²) < 4.78 is 28.2. The summed E-state index contributed by atoms with van der Waals surface area (Å²) >= 11 is 12.3. The van der Waals surface area contributed by atoms with Crippen molar-refractivity contribution in [1.29, 1.82) is 0 Å². The fourth-order valence-electron chi connectivity index (χ4n) is 2.93. The van der Waals surface area contributed by atoms with Crippen LogP contribution in [0.3, 0.4) is 0 Å². The second kappa shape index (κ2) is 7.93. The van der Waals surface area contributed by atoms with Crippen LogP contribution < -0.4 is 4.31 Å². The minimum atomic E-state index is -3.77. The Hall–Kier alpha value is -2.01. The van der Waals surface area contributed by atoms with E-state index < -0.39 is 10.0 Å². The average molecular weight is 420 g/mol. The Balaban J connectivity index is 2.14. The smallest absolute Gasteiger partial charge is 0.262 e. The number of halogens is 2. The third kappa shape index (κ3) is 4.46. The highest BCUT2D eigenvalue weighted by atomic mass is 35.5. The highest BCUT2D eigenvalue weighted by molar-refractivity contribution is 7.92. The Morgan fingerprint density at radius 3 is 2.07 bits per heavy atom. The first-order valence-electron chi connectivity index (χ1n) is 8.37. The number of sulfonamides is 1. The van der Waals surface area contributed by atoms with Gasteiger partial charge in [0.15, 0.2) is 0 Å². The van der Waals surface area contributed by atoms with Crippen LogP contribution in [0.5, 0.6) is 0 Å². The Labute approximate surface area is 170 Å². The SMILES string of the molecule is Cc1cc(C)cc(N(Cc2ccc(Cl)cc2Cl)S(=O)(=O)c2ccccc2)c1. The van der Waals surface area contributed by atoms with Crippen LogP contribution in [0.1, 0.15) is 16.7 Å². The second-order valence-corrected chi connectivity index (χ2v) is 9.11. The van der Waals surface area contributed by atoms with E-state index in [4.69, 9.17) is 23.2 Å². The van der Waals surface area contributed by atoms with Crippen molar-refractivity contribution in [2.75, 3.05) is 4.31 Å². The van der Waals surface area contributed by atoms with Gasteiger partial charge in [-0.25, -0.2) is 8.42 Å². The maximum Gasteiger partial charge on any atom is 0.264 e. The number of hydrogen-bond donors (Lipinski definition) is 0. The number of rotatable bonds is 5. The van der Waals surface area contributed by atoms with Crippen molar-refractivity contribution < 1.29 is 8.42 Å². The van der Waals surface area contributed by atoms with Crippen molar-refractivity contribution in [1.82, 2.24) is 0 Å². The van der Waals surface area contributed by atoms with Gasteiger partial charge in [0.25, 0.3) is 10.0 Å². The van der Waals surface area contributed by atoms with Crippen molar-refractivity contribution in [2.24, 2.45) is 0 Å². The van der Waals surface area contributed by atoms with Crippen LogP contribution >= 0.6 is 23.2 Å². The summed E-state index contributed by atoms with van der Waals surface area (Å²) in [5.74, 6) is 0. The third-order valence-electron chi connectivity index (χ3n) is 4.15. The van der Waals surface area contributed by atoms with Crippen molar-refractivity contribution >= 4 is 38.9 Å². The molecule has 6 heteroatoms. The van der Waals surface area contributed by atoms with Gasteiger partial charge in [0, 0.05) is 10.0 Å². The van der Waals surface area contributed by atoms with E-state index >= 15 is 0 Å². The molecule has 0 spiro atoms. The molecule has 0 fully saturated rings. The van der Waals surface area contributed by atoms with Crippen LogP contribution in [-0.4, -0.2) is 8.42 Å². The summed E-state index contributed by atoms with van der Waals surface area (Å²) in [7, 11) is -3.77. The zero-order chi connectivity index (χ0) is 19.6. The molecule has 3 rings (SSSR count). The van der Waals surface area contributed by atoms with Crippen LogP contribution in [0.2, 0.25) is 10.0 Å². The van der Waals surface area contributed by atoms with Crippen LogP contribution in [-0.2, 0) is 16.6 Å². The van der Waals surface area contributed by atoms with E-state index in [1.165, 1.54) is 4.31 Å². The van der Waals surface area contributed by atoms with Crippen LogP contribution in [0.25, 0.3) is 0 Å². The lowest BCUT2D eigenvalue weighted by Crippen LogP contribution is -2.30. The molecule has 0 unspecified atom stereocenters. The largest absolute Gasteiger partial charge is 0.264 e. The second-order valence-electron chi connectivity index (χ2n) is 6.41. The number of anilines is 1. The van der Waals surface area contributed by atoms with Crippen molar-refractivity contribution in [3.63, 3.8) is 0 Å². The molecule has 0 saturated heterocycles. The topological polar surface area (TPSA) is 37.4 Å². The molecular formula is C21H19Cl2NO2S. The first-order chi connectivity index (χ1) is 12.8. The molecule has 0 aliphatic carbocycles. The van der Waals surface area contributed by atoms with E-state index in [0.29, 0.717) is 21.3 Å². The van der Waals surface area contributed by atoms with E-state index in [1.54, 1.807) is 48.5 Å². The maximum absolute atomic E-state index is 13.4. The summed E-state index contributed by atoms with van der Waals surface area (Å²) in [5, 5.41) is 0.938. The monoisotopic (exact) mass is 419 g/mol. The molecule has 3 aromatic carbocycles. The lowest BCUT2D eigenvalue weighted by molar-refractivity contribution is 0.590. The van der Waals surface area contributed by atoms with Gasteiger partial charge in [0.1, 0.15) is 0 Å². The van der Waals surface area contributed by atoms with Crippen LogP contribution in [0.15, 0.2) is 71.6 Å². The molecule has 0 heterocycles. The summed E-state index contributed by atoms with van der Waals surface area (Å²) in [4.78, 5) is 0.231. The highest BCUT2D eigenvalue weighted by Gasteiger charge is 2.26. The van der Waals surface area contributed by atoms with E-state index in [2.05, 4.69) is 0 Å². The Morgan fingerprint density at radius 2 is 1.48 bits per heavy atom. The molecule has 0 saturated carbocycles. The lowest BCUT2D eigenvalue weighted by Gasteiger charge is -2.26. The van der Waals surface area contributed by atoms with Gasteiger partial charge < -0.3 is 0 Å². The number of nitrogens with zero attached hydrogens (tertiary/aromatic N) is 1. The molecule has 3 aromatic rings. The fraction of sp³-hybridized carbons (Fsp3) is 0.143. The van der Waals surface area contributed by atoms with Crippen molar-refractivity contribution in [3.8, 4) is 0 Å². The normalized spacial score (nSPS) is 11.4. The number of hydrogen-bond acceptors (Lipinski definition) is 2. The molecule has 27 heavy (non-hydrogen) atoms. The van der Waals surface area contributed by atoms with E-state index in [0.717, 1.165) is 11.1 Å². The summed E-state index contributed by atoms with van der Waals surface area (Å²) in [6.45, 7) is 3.99. The molecule has 0 radical (unpaired) electrons. The average Bonchev–Trinajstić information content (AvgIpc) is 2.60. The van der Waals surface area contributed by atoms with Gasteiger partial charge in [0.2, 0.25) is 0 Å². The molecule has 0 bridgehead atoms. The lowest BCUT2D eigenvalue weighted by atomic mass is 10.1. The minimum absolute atomic E-state index is 0.107. The van der Waals surface area contributed by atoms with Gasteiger partial charge in [-0.15, -0.1) is 0 Å². The van der Waals surface area contributed by atoms with Gasteiger partial charge in [-0.1, -0.05) is 53.5 Å². The molecule has 0 atom stereocenters. The number of benzene rings is 3. The quantitative estimate of drug-likeness (QED) is 0.507. The summed E-state index contributed by atoms with van der Waals surface area (Å²) in [6.07, 6.45) is 0. The Bertz CT molecular complexity index is 1050. The molecule has 0 aromatic heterocycles. The summed E-state index contributed by atoms with van der Waals surface area (Å²) in [6, 6.07) is 19.2. The van der Waals surface area contributed by atoms with Gasteiger partial charge in [-0.3, -0.25) is 4.31 Å². The molecule has 0 aliphatic rings. The van der Waals surface area contributed by atoms with Crippen LogP contribution in [0, 0.1) is 13.8 Å². The summed E-state index contributed by atoms with van der Waals surface area (Å²) in [5.41, 5.74) is 3.25. The van der Waals surface area contributed by atoms with Gasteiger partial charge >= 0.3 is 0 Å². The van der Waals surface area contributed by atoms with Crippen molar-refractivity contribution in [2.45, 2.75) is 25.3 Å². The highest BCUT2D eigenvalue weighted by Crippen LogP contribution is 2.30. The van der Waals surface area contributed by atoms with Crippen LogP contribution in [0.4, 0.5) is 5.69 Å². The predicted molar refractivity (Wildman–Crippen MR) is 112 cm³/mol. The fourth-order valence-corrected chi connectivity index (χ4v) is 4.85. The maximum atomic E-state index is 13.4.